The van der Waals surface area contributed by atoms with Crippen molar-refractivity contribution in [3.8, 4) is 0 Å². The number of carbonyl (C=O) groups is 2. The van der Waals surface area contributed by atoms with Crippen LogP contribution in [0.1, 0.15) is 122 Å². The zero-order valence-electron chi connectivity index (χ0n) is 22.3. The summed E-state index contributed by atoms with van der Waals surface area (Å²) in [6.07, 6.45) is 22.9. The van der Waals surface area contributed by atoms with Crippen LogP contribution in [0.5, 0.6) is 0 Å². The summed E-state index contributed by atoms with van der Waals surface area (Å²) in [6, 6.07) is 0. The van der Waals surface area contributed by atoms with Crippen molar-refractivity contribution in [1.29, 1.82) is 0 Å². The first-order valence-electron chi connectivity index (χ1n) is 14.3. The van der Waals surface area contributed by atoms with Gasteiger partial charge in [-0.2, -0.15) is 0 Å². The lowest BCUT2D eigenvalue weighted by molar-refractivity contribution is -0.858. The molecule has 1 saturated heterocycles. The predicted octanol–water partition coefficient (Wildman–Crippen LogP) is 5.17. The van der Waals surface area contributed by atoms with E-state index in [1.54, 1.807) is 0 Å². The molecule has 1 heterocycles. The number of amides is 1. The summed E-state index contributed by atoms with van der Waals surface area (Å²) < 4.78 is 5.38. The van der Waals surface area contributed by atoms with E-state index in [2.05, 4.69) is 21.0 Å². The zero-order chi connectivity index (χ0) is 24.2. The summed E-state index contributed by atoms with van der Waals surface area (Å²) in [7, 11) is 4.18. The van der Waals surface area contributed by atoms with Gasteiger partial charge in [0, 0.05) is 25.9 Å². The second-order valence-corrected chi connectivity index (χ2v) is 10.5. The second-order valence-electron chi connectivity index (χ2n) is 10.5. The van der Waals surface area contributed by atoms with Crippen LogP contribution in [0.15, 0.2) is 0 Å². The maximum absolute atomic E-state index is 12.2. The Balaban J connectivity index is 1.89. The fourth-order valence-corrected chi connectivity index (χ4v) is 4.71. The van der Waals surface area contributed by atoms with Gasteiger partial charge in [0.2, 0.25) is 5.91 Å². The molecule has 1 aliphatic heterocycles. The third-order valence-electron chi connectivity index (χ3n) is 6.89. The molecule has 0 aromatic heterocycles. The summed E-state index contributed by atoms with van der Waals surface area (Å²) in [5.41, 5.74) is 0. The van der Waals surface area contributed by atoms with Gasteiger partial charge in [0.1, 0.15) is 0 Å². The average Bonchev–Trinajstić information content (AvgIpc) is 3.16. The van der Waals surface area contributed by atoms with Gasteiger partial charge in [0.15, 0.2) is 0 Å². The van der Waals surface area contributed by atoms with Gasteiger partial charge in [-0.05, 0) is 6.42 Å². The number of quaternary nitrogens is 1. The molecule has 1 fully saturated rings. The van der Waals surface area contributed by atoms with Gasteiger partial charge in [-0.1, -0.05) is 103 Å². The molecule has 1 amide bonds. The summed E-state index contributed by atoms with van der Waals surface area (Å²) >= 11 is 0. The predicted molar refractivity (Wildman–Crippen MR) is 137 cm³/mol. The normalized spacial score (nSPS) is 16.2. The van der Waals surface area contributed by atoms with Crippen LogP contribution in [0.2, 0.25) is 0 Å². The molecule has 1 atom stereocenters. The number of unbranched alkanes of at least 4 members (excludes halogenated alkanes) is 15. The summed E-state index contributed by atoms with van der Waals surface area (Å²) in [4.78, 5) is 27.6. The minimum Gasteiger partial charge on any atom is -0.465 e. The SMILES string of the molecule is CCCCCCCCCCCCCCCCCCN1CC(C(=O)OCCC[NH+](C)C)CC1=O. The highest BCUT2D eigenvalue weighted by Crippen LogP contribution is 2.20. The maximum Gasteiger partial charge on any atom is 0.311 e. The van der Waals surface area contributed by atoms with Gasteiger partial charge in [-0.3, -0.25) is 9.59 Å². The van der Waals surface area contributed by atoms with Crippen molar-refractivity contribution in [3.63, 3.8) is 0 Å². The topological polar surface area (TPSA) is 51.1 Å². The van der Waals surface area contributed by atoms with Gasteiger partial charge in [0.25, 0.3) is 0 Å². The van der Waals surface area contributed by atoms with Gasteiger partial charge >= 0.3 is 5.97 Å². The Bertz CT molecular complexity index is 496. The van der Waals surface area contributed by atoms with E-state index in [9.17, 15) is 9.59 Å². The molecule has 0 saturated carbocycles. The standard InChI is InChI=1S/C28H54N2O3/c1-4-5-6-7-8-9-10-11-12-13-14-15-16-17-18-19-22-30-25-26(24-27(30)31)28(32)33-23-20-21-29(2)3/h26H,4-25H2,1-3H3/p+1. The lowest BCUT2D eigenvalue weighted by Gasteiger charge is -2.16. The Morgan fingerprint density at radius 2 is 1.30 bits per heavy atom. The van der Waals surface area contributed by atoms with Crippen molar-refractivity contribution in [3.05, 3.63) is 0 Å². The van der Waals surface area contributed by atoms with E-state index in [-0.39, 0.29) is 17.8 Å². The first kappa shape index (κ1) is 29.9. The number of ether oxygens (including phenoxy) is 1. The first-order chi connectivity index (χ1) is 16.0. The Labute approximate surface area is 205 Å². The molecule has 0 aliphatic carbocycles. The summed E-state index contributed by atoms with van der Waals surface area (Å²) in [6.45, 7) is 5.08. The molecule has 0 aromatic carbocycles. The minimum absolute atomic E-state index is 0.121. The van der Waals surface area contributed by atoms with Crippen LogP contribution in [0.4, 0.5) is 0 Å². The highest BCUT2D eigenvalue weighted by molar-refractivity contribution is 5.86. The third kappa shape index (κ3) is 16.2. The zero-order valence-corrected chi connectivity index (χ0v) is 22.3. The molecule has 5 heteroatoms. The molecule has 1 unspecified atom stereocenters. The second kappa shape index (κ2) is 20.3. The molecule has 0 bridgehead atoms. The number of nitrogens with zero attached hydrogens (tertiary/aromatic N) is 1. The van der Waals surface area contributed by atoms with Crippen LogP contribution in [0, 0.1) is 5.92 Å². The van der Waals surface area contributed by atoms with E-state index < -0.39 is 0 Å². The van der Waals surface area contributed by atoms with Crippen LogP contribution in [-0.2, 0) is 14.3 Å². The summed E-state index contributed by atoms with van der Waals surface area (Å²) in [5.74, 6) is -0.326. The van der Waals surface area contributed by atoms with E-state index >= 15 is 0 Å². The van der Waals surface area contributed by atoms with E-state index in [1.807, 2.05) is 4.90 Å². The highest BCUT2D eigenvalue weighted by Gasteiger charge is 2.34. The maximum atomic E-state index is 12.2. The van der Waals surface area contributed by atoms with Crippen molar-refractivity contribution in [2.24, 2.45) is 5.92 Å². The molecule has 194 valence electrons. The van der Waals surface area contributed by atoms with Crippen LogP contribution < -0.4 is 4.90 Å². The van der Waals surface area contributed by atoms with Crippen molar-refractivity contribution in [1.82, 2.24) is 4.90 Å². The van der Waals surface area contributed by atoms with Crippen LogP contribution in [-0.4, -0.2) is 57.1 Å². The first-order valence-corrected chi connectivity index (χ1v) is 14.3. The van der Waals surface area contributed by atoms with Crippen molar-refractivity contribution in [2.75, 3.05) is 40.3 Å². The van der Waals surface area contributed by atoms with Gasteiger partial charge in [-0.15, -0.1) is 0 Å². The molecule has 1 rings (SSSR count). The minimum atomic E-state index is -0.259. The quantitative estimate of drug-likeness (QED) is 0.176. The summed E-state index contributed by atoms with van der Waals surface area (Å²) in [5, 5.41) is 0. The number of nitrogens with one attached hydrogen (secondary N) is 1. The van der Waals surface area contributed by atoms with Crippen molar-refractivity contribution < 1.29 is 19.2 Å². The number of likely N-dealkylation sites (tertiary alicyclic amines) is 1. The molecular formula is C28H55N2O3+. The van der Waals surface area contributed by atoms with Crippen molar-refractivity contribution >= 4 is 11.9 Å². The highest BCUT2D eigenvalue weighted by atomic mass is 16.5. The lowest BCUT2D eigenvalue weighted by atomic mass is 10.0. The van der Waals surface area contributed by atoms with Crippen LogP contribution >= 0.6 is 0 Å². The number of hydrogen-bond acceptors (Lipinski definition) is 3. The van der Waals surface area contributed by atoms with E-state index in [1.165, 1.54) is 101 Å². The Morgan fingerprint density at radius 1 is 0.818 bits per heavy atom. The molecule has 1 N–H and O–H groups in total. The van der Waals surface area contributed by atoms with Gasteiger partial charge in [0.05, 0.1) is 33.2 Å². The molecular weight excluding hydrogens is 412 g/mol. The number of hydrogen-bond donors (Lipinski definition) is 1. The average molecular weight is 468 g/mol. The fourth-order valence-electron chi connectivity index (χ4n) is 4.71. The monoisotopic (exact) mass is 467 g/mol. The molecule has 0 aromatic rings. The lowest BCUT2D eigenvalue weighted by Crippen LogP contribution is -3.05. The molecule has 1 aliphatic rings. The Kier molecular flexibility index (Phi) is 18.4. The number of esters is 1. The van der Waals surface area contributed by atoms with Gasteiger partial charge < -0.3 is 14.5 Å². The number of rotatable bonds is 22. The number of carbonyl (C=O) groups excluding carboxylic acids is 2. The Hall–Kier alpha value is -1.10. The third-order valence-corrected chi connectivity index (χ3v) is 6.89. The van der Waals surface area contributed by atoms with E-state index in [0.717, 1.165) is 25.9 Å². The molecule has 0 spiro atoms. The molecule has 5 nitrogen and oxygen atoms in total. The van der Waals surface area contributed by atoms with E-state index in [0.29, 0.717) is 19.6 Å². The Morgan fingerprint density at radius 3 is 1.79 bits per heavy atom. The van der Waals surface area contributed by atoms with Crippen molar-refractivity contribution in [2.45, 2.75) is 122 Å². The fraction of sp³-hybridized carbons (Fsp3) is 0.929. The molecule has 0 radical (unpaired) electrons. The van der Waals surface area contributed by atoms with Gasteiger partial charge in [-0.25, -0.2) is 0 Å². The van der Waals surface area contributed by atoms with Crippen LogP contribution in [0.25, 0.3) is 0 Å². The molecule has 33 heavy (non-hydrogen) atoms. The largest absolute Gasteiger partial charge is 0.465 e. The van der Waals surface area contributed by atoms with E-state index in [4.69, 9.17) is 4.74 Å². The van der Waals surface area contributed by atoms with Crippen LogP contribution in [0.3, 0.4) is 0 Å². The smallest absolute Gasteiger partial charge is 0.311 e.